The van der Waals surface area contributed by atoms with Crippen LogP contribution >= 0.6 is 0 Å². The monoisotopic (exact) mass is 476 g/mol. The third-order valence-corrected chi connectivity index (χ3v) is 6.03. The number of carbonyl (C=O) groups excluding carboxylic acids is 2. The zero-order valence-corrected chi connectivity index (χ0v) is 18.6. The molecule has 0 atom stereocenters. The number of furan rings is 1. The Morgan fingerprint density at radius 1 is 1.03 bits per heavy atom. The van der Waals surface area contributed by atoms with Gasteiger partial charge in [0.15, 0.2) is 0 Å². The normalized spacial score (nSPS) is 18.3. The maximum absolute atomic E-state index is 12.3. The van der Waals surface area contributed by atoms with Crippen LogP contribution < -0.4 is 10.2 Å². The third kappa shape index (κ3) is 3.14. The molecule has 0 unspecified atom stereocenters. The Hall–Kier alpha value is -3.41. The van der Waals surface area contributed by atoms with E-state index >= 15 is 0 Å². The van der Waals surface area contributed by atoms with Crippen LogP contribution in [0.15, 0.2) is 75.6 Å². The summed E-state index contributed by atoms with van der Waals surface area (Å²) in [4.78, 5) is 30.4. The van der Waals surface area contributed by atoms with Gasteiger partial charge in [-0.25, -0.2) is 0 Å². The molecule has 2 aromatic carbocycles. The summed E-state index contributed by atoms with van der Waals surface area (Å²) in [5.41, 5.74) is 3.73. The van der Waals surface area contributed by atoms with Gasteiger partial charge in [0.25, 0.3) is 0 Å². The van der Waals surface area contributed by atoms with Gasteiger partial charge in [0.05, 0.1) is 0 Å². The molecule has 0 fully saturated rings. The number of amidine groups is 1. The Bertz CT molecular complexity index is 1290. The van der Waals surface area contributed by atoms with E-state index in [0.29, 0.717) is 11.6 Å². The van der Waals surface area contributed by atoms with Crippen molar-refractivity contribution in [1.29, 1.82) is 0 Å². The van der Waals surface area contributed by atoms with Crippen molar-refractivity contribution in [1.82, 2.24) is 5.32 Å². The second kappa shape index (κ2) is 7.08. The molecule has 153 valence electrons. The van der Waals surface area contributed by atoms with E-state index in [9.17, 15) is 9.59 Å². The summed E-state index contributed by atoms with van der Waals surface area (Å²) >= 11 is 2.55. The molecule has 5 rings (SSSR count). The average molecular weight is 475 g/mol. The molecule has 6 nitrogen and oxygen atoms in total. The van der Waals surface area contributed by atoms with E-state index in [1.165, 1.54) is 6.08 Å². The van der Waals surface area contributed by atoms with Crippen molar-refractivity contribution in [2.75, 3.05) is 4.90 Å². The molecular formula is C24H18N3O3Se. The zero-order chi connectivity index (χ0) is 21.8. The van der Waals surface area contributed by atoms with Crippen LogP contribution in [0.5, 0.6) is 0 Å². The maximum atomic E-state index is 12.3. The summed E-state index contributed by atoms with van der Waals surface area (Å²) in [5, 5.41) is 2.52. The van der Waals surface area contributed by atoms with E-state index in [2.05, 4.69) is 57.2 Å². The number of carbonyl (C=O) groups is 2. The number of rotatable bonds is 2. The van der Waals surface area contributed by atoms with Crippen LogP contribution in [-0.4, -0.2) is 32.6 Å². The first-order valence-corrected chi connectivity index (χ1v) is 10.6. The fourth-order valence-corrected chi connectivity index (χ4v) is 4.45. The van der Waals surface area contributed by atoms with E-state index in [0.717, 1.165) is 22.5 Å². The predicted molar refractivity (Wildman–Crippen MR) is 120 cm³/mol. The van der Waals surface area contributed by atoms with Crippen molar-refractivity contribution in [2.45, 2.75) is 19.3 Å². The van der Waals surface area contributed by atoms with Crippen molar-refractivity contribution in [3.63, 3.8) is 0 Å². The standard InChI is InChI=1S/C24H18N3O3Se/c1-24(2)17-10-6-7-11-19(17)27(14-8-4-3-5-9-14)22-18(24)13-15(30-22)12-16-20(28)25-23(31)26-21(16)29/h3-13H,1-2H3,(H,25,26,28,29). The van der Waals surface area contributed by atoms with Gasteiger partial charge in [-0.15, -0.1) is 0 Å². The van der Waals surface area contributed by atoms with Crippen molar-refractivity contribution in [3.05, 3.63) is 83.1 Å². The second-order valence-corrected chi connectivity index (χ2v) is 8.73. The van der Waals surface area contributed by atoms with Gasteiger partial charge in [-0.2, -0.15) is 0 Å². The fourth-order valence-electron chi connectivity index (χ4n) is 4.08. The minimum absolute atomic E-state index is 0.0633. The number of aliphatic imine (C=N–C) groups is 1. The molecule has 0 saturated carbocycles. The van der Waals surface area contributed by atoms with Crippen molar-refractivity contribution >= 4 is 55.9 Å². The summed E-state index contributed by atoms with van der Waals surface area (Å²) < 4.78 is 6.42. The summed E-state index contributed by atoms with van der Waals surface area (Å²) in [6.07, 6.45) is 1.45. The molecule has 0 spiro atoms. The summed E-state index contributed by atoms with van der Waals surface area (Å²) in [7, 11) is 0. The number of anilines is 3. The van der Waals surface area contributed by atoms with E-state index < -0.39 is 11.8 Å². The first kappa shape index (κ1) is 19.5. The Balaban J connectivity index is 1.70. The molecule has 31 heavy (non-hydrogen) atoms. The topological polar surface area (TPSA) is 74.9 Å². The van der Waals surface area contributed by atoms with Gasteiger partial charge < -0.3 is 0 Å². The minimum atomic E-state index is -0.602. The Morgan fingerprint density at radius 2 is 1.74 bits per heavy atom. The summed E-state index contributed by atoms with van der Waals surface area (Å²) in [6.45, 7) is 4.28. The van der Waals surface area contributed by atoms with Crippen LogP contribution in [0.2, 0.25) is 0 Å². The van der Waals surface area contributed by atoms with Gasteiger partial charge in [-0.3, -0.25) is 0 Å². The number of fused-ring (bicyclic) bond motifs is 2. The number of hydrogen-bond donors (Lipinski definition) is 1. The molecule has 2 amide bonds. The van der Waals surface area contributed by atoms with Crippen LogP contribution in [-0.2, 0) is 15.0 Å². The van der Waals surface area contributed by atoms with E-state index in [1.54, 1.807) is 0 Å². The fraction of sp³-hybridized carbons (Fsp3) is 0.125. The number of benzene rings is 2. The van der Waals surface area contributed by atoms with Crippen molar-refractivity contribution in [3.8, 4) is 0 Å². The number of nitrogens with one attached hydrogen (secondary N) is 1. The van der Waals surface area contributed by atoms with Crippen molar-refractivity contribution in [2.24, 2.45) is 4.99 Å². The first-order valence-electron chi connectivity index (χ1n) is 9.78. The van der Waals surface area contributed by atoms with Gasteiger partial charge in [-0.1, -0.05) is 6.07 Å². The van der Waals surface area contributed by atoms with Crippen LogP contribution in [0.1, 0.15) is 30.7 Å². The van der Waals surface area contributed by atoms with Crippen LogP contribution in [0.3, 0.4) is 0 Å². The number of hydrogen-bond acceptors (Lipinski definition) is 4. The second-order valence-electron chi connectivity index (χ2n) is 7.91. The van der Waals surface area contributed by atoms with Gasteiger partial charge in [0.2, 0.25) is 0 Å². The summed E-state index contributed by atoms with van der Waals surface area (Å²) in [6, 6.07) is 20.1. The SMILES string of the molecule is CC1(C)c2ccccc2N(c2ccccc2)c2oc(/C=C3/C(=O)N=C([Se])NC3=O)cc21. The first-order chi connectivity index (χ1) is 14.9. The van der Waals surface area contributed by atoms with Gasteiger partial charge >= 0.3 is 181 Å². The quantitative estimate of drug-likeness (QED) is 0.346. The zero-order valence-electron chi connectivity index (χ0n) is 16.9. The van der Waals surface area contributed by atoms with E-state index in [-0.39, 0.29) is 15.7 Å². The molecule has 0 saturated heterocycles. The number of para-hydroxylation sites is 2. The van der Waals surface area contributed by atoms with Crippen LogP contribution in [0.4, 0.5) is 17.3 Å². The van der Waals surface area contributed by atoms with Crippen LogP contribution in [0.25, 0.3) is 6.08 Å². The Morgan fingerprint density at radius 3 is 2.48 bits per heavy atom. The molecule has 3 heterocycles. The predicted octanol–water partition coefficient (Wildman–Crippen LogP) is 3.95. The molecule has 0 bridgehead atoms. The molecule has 7 heteroatoms. The van der Waals surface area contributed by atoms with E-state index in [1.807, 2.05) is 48.5 Å². The third-order valence-electron chi connectivity index (χ3n) is 5.63. The molecule has 1 aromatic heterocycles. The molecular weight excluding hydrogens is 457 g/mol. The average Bonchev–Trinajstić information content (AvgIpc) is 3.16. The van der Waals surface area contributed by atoms with Gasteiger partial charge in [-0.05, 0) is 0 Å². The van der Waals surface area contributed by atoms with Crippen molar-refractivity contribution < 1.29 is 14.0 Å². The van der Waals surface area contributed by atoms with Gasteiger partial charge in [0.1, 0.15) is 0 Å². The number of nitrogens with zero attached hydrogens (tertiary/aromatic N) is 2. The molecule has 2 aliphatic heterocycles. The Kier molecular flexibility index (Phi) is 4.46. The van der Waals surface area contributed by atoms with Crippen LogP contribution in [0, 0.1) is 0 Å². The molecule has 2 aliphatic rings. The molecule has 1 radical (unpaired) electrons. The molecule has 0 aliphatic carbocycles. The Labute approximate surface area is 187 Å². The molecule has 3 aromatic rings. The molecule has 1 N–H and O–H groups in total. The van der Waals surface area contributed by atoms with Gasteiger partial charge in [0, 0.05) is 0 Å². The number of amides is 2. The summed E-state index contributed by atoms with van der Waals surface area (Å²) in [5.74, 6) is -0.0256. The van der Waals surface area contributed by atoms with E-state index in [4.69, 9.17) is 4.42 Å².